The minimum Gasteiger partial charge on any atom is -0.496 e. The van der Waals surface area contributed by atoms with Crippen molar-refractivity contribution in [1.82, 2.24) is 10.2 Å². The van der Waals surface area contributed by atoms with Crippen LogP contribution in [-0.2, 0) is 4.79 Å². The molecule has 0 aliphatic carbocycles. The standard InChI is InChI=1S/C17H26N2O2/c1-5-13(6-2)11-19-16(20)10-18-17(19)14-7-8-15(21-4)12(3)9-14/h7-9,13,17-18H,5-6,10-11H2,1-4H3. The van der Waals surface area contributed by atoms with Gasteiger partial charge in [-0.1, -0.05) is 32.8 Å². The zero-order valence-electron chi connectivity index (χ0n) is 13.5. The number of hydrogen-bond donors (Lipinski definition) is 1. The van der Waals surface area contributed by atoms with Crippen LogP contribution in [0.1, 0.15) is 44.0 Å². The molecular formula is C17H26N2O2. The van der Waals surface area contributed by atoms with Gasteiger partial charge in [-0.3, -0.25) is 10.1 Å². The van der Waals surface area contributed by atoms with E-state index >= 15 is 0 Å². The zero-order chi connectivity index (χ0) is 15.4. The van der Waals surface area contributed by atoms with Crippen molar-refractivity contribution in [3.05, 3.63) is 29.3 Å². The number of nitrogens with one attached hydrogen (secondary N) is 1. The Hall–Kier alpha value is -1.55. The van der Waals surface area contributed by atoms with Gasteiger partial charge >= 0.3 is 0 Å². The molecule has 1 aromatic rings. The third-order valence-corrected chi connectivity index (χ3v) is 4.42. The highest BCUT2D eigenvalue weighted by Gasteiger charge is 2.32. The van der Waals surface area contributed by atoms with Crippen molar-refractivity contribution >= 4 is 5.91 Å². The summed E-state index contributed by atoms with van der Waals surface area (Å²) in [6, 6.07) is 6.13. The van der Waals surface area contributed by atoms with Crippen LogP contribution in [0.25, 0.3) is 0 Å². The zero-order valence-corrected chi connectivity index (χ0v) is 13.5. The van der Waals surface area contributed by atoms with Gasteiger partial charge in [-0.25, -0.2) is 0 Å². The van der Waals surface area contributed by atoms with Crippen molar-refractivity contribution in [1.29, 1.82) is 0 Å². The van der Waals surface area contributed by atoms with Crippen LogP contribution in [0.4, 0.5) is 0 Å². The van der Waals surface area contributed by atoms with Crippen molar-refractivity contribution in [2.24, 2.45) is 5.92 Å². The largest absolute Gasteiger partial charge is 0.496 e. The fourth-order valence-electron chi connectivity index (χ4n) is 2.94. The second kappa shape index (κ2) is 6.94. The van der Waals surface area contributed by atoms with Crippen LogP contribution >= 0.6 is 0 Å². The summed E-state index contributed by atoms with van der Waals surface area (Å²) in [7, 11) is 1.68. The number of ether oxygens (including phenoxy) is 1. The van der Waals surface area contributed by atoms with Crippen LogP contribution in [0.2, 0.25) is 0 Å². The molecule has 1 amide bonds. The van der Waals surface area contributed by atoms with Crippen molar-refractivity contribution in [2.75, 3.05) is 20.2 Å². The van der Waals surface area contributed by atoms with Crippen LogP contribution in [-0.4, -0.2) is 31.0 Å². The van der Waals surface area contributed by atoms with E-state index in [9.17, 15) is 4.79 Å². The van der Waals surface area contributed by atoms with E-state index in [-0.39, 0.29) is 12.1 Å². The molecule has 2 rings (SSSR count). The summed E-state index contributed by atoms with van der Waals surface area (Å²) < 4.78 is 5.31. The SMILES string of the molecule is CCC(CC)CN1C(=O)CNC1c1ccc(OC)c(C)c1. The Bertz CT molecular complexity index is 498. The van der Waals surface area contributed by atoms with E-state index < -0.39 is 0 Å². The number of carbonyl (C=O) groups is 1. The van der Waals surface area contributed by atoms with Gasteiger partial charge in [-0.05, 0) is 36.1 Å². The Morgan fingerprint density at radius 1 is 1.38 bits per heavy atom. The summed E-state index contributed by atoms with van der Waals surface area (Å²) in [6.07, 6.45) is 2.20. The Kier molecular flexibility index (Phi) is 5.23. The number of amides is 1. The minimum absolute atomic E-state index is 0.0114. The molecule has 1 aromatic carbocycles. The fraction of sp³-hybridized carbons (Fsp3) is 0.588. The van der Waals surface area contributed by atoms with Crippen molar-refractivity contribution in [3.63, 3.8) is 0 Å². The summed E-state index contributed by atoms with van der Waals surface area (Å²) >= 11 is 0. The van der Waals surface area contributed by atoms with E-state index in [0.717, 1.165) is 36.3 Å². The first-order chi connectivity index (χ1) is 10.1. The van der Waals surface area contributed by atoms with E-state index in [2.05, 4.69) is 25.2 Å². The van der Waals surface area contributed by atoms with Gasteiger partial charge in [-0.2, -0.15) is 0 Å². The highest BCUT2D eigenvalue weighted by molar-refractivity contribution is 5.81. The topological polar surface area (TPSA) is 41.6 Å². The highest BCUT2D eigenvalue weighted by atomic mass is 16.5. The molecule has 0 spiro atoms. The van der Waals surface area contributed by atoms with E-state index in [1.54, 1.807) is 7.11 Å². The molecule has 4 heteroatoms. The second-order valence-corrected chi connectivity index (χ2v) is 5.74. The van der Waals surface area contributed by atoms with Gasteiger partial charge in [0.1, 0.15) is 11.9 Å². The molecule has 1 aliphatic rings. The van der Waals surface area contributed by atoms with Gasteiger partial charge in [0.2, 0.25) is 5.91 Å². The fourth-order valence-corrected chi connectivity index (χ4v) is 2.94. The smallest absolute Gasteiger partial charge is 0.238 e. The average molecular weight is 290 g/mol. The molecule has 4 nitrogen and oxygen atoms in total. The molecule has 1 heterocycles. The molecule has 1 fully saturated rings. The maximum Gasteiger partial charge on any atom is 0.238 e. The summed E-state index contributed by atoms with van der Waals surface area (Å²) in [5.74, 6) is 1.64. The van der Waals surface area contributed by atoms with Crippen molar-refractivity contribution in [3.8, 4) is 5.75 Å². The first-order valence-corrected chi connectivity index (χ1v) is 7.78. The van der Waals surface area contributed by atoms with Crippen molar-refractivity contribution in [2.45, 2.75) is 39.8 Å². The molecule has 21 heavy (non-hydrogen) atoms. The Morgan fingerprint density at radius 2 is 2.10 bits per heavy atom. The molecule has 116 valence electrons. The first kappa shape index (κ1) is 15.8. The molecular weight excluding hydrogens is 264 g/mol. The molecule has 1 unspecified atom stereocenters. The molecule has 1 aliphatic heterocycles. The van der Waals surface area contributed by atoms with Crippen LogP contribution in [0.15, 0.2) is 18.2 Å². The van der Waals surface area contributed by atoms with E-state index in [0.29, 0.717) is 12.5 Å². The average Bonchev–Trinajstić information content (AvgIpc) is 2.85. The number of carbonyl (C=O) groups excluding carboxylic acids is 1. The highest BCUT2D eigenvalue weighted by Crippen LogP contribution is 2.28. The molecule has 1 N–H and O–H groups in total. The summed E-state index contributed by atoms with van der Waals surface area (Å²) in [6.45, 7) is 7.66. The normalized spacial score (nSPS) is 18.6. The Morgan fingerprint density at radius 3 is 2.67 bits per heavy atom. The number of rotatable bonds is 6. The van der Waals surface area contributed by atoms with Gasteiger partial charge in [0.25, 0.3) is 0 Å². The maximum absolute atomic E-state index is 12.2. The number of benzene rings is 1. The predicted octanol–water partition coefficient (Wildman–Crippen LogP) is 2.87. The lowest BCUT2D eigenvalue weighted by Gasteiger charge is -2.28. The molecule has 1 saturated heterocycles. The molecule has 1 atom stereocenters. The molecule has 0 saturated carbocycles. The van der Waals surface area contributed by atoms with Gasteiger partial charge < -0.3 is 9.64 Å². The number of aryl methyl sites for hydroxylation is 1. The number of nitrogens with zero attached hydrogens (tertiary/aromatic N) is 1. The lowest BCUT2D eigenvalue weighted by Crippen LogP contribution is -2.34. The Labute approximate surface area is 127 Å². The van der Waals surface area contributed by atoms with Crippen molar-refractivity contribution < 1.29 is 9.53 Å². The predicted molar refractivity (Wildman–Crippen MR) is 84.3 cm³/mol. The first-order valence-electron chi connectivity index (χ1n) is 7.78. The third-order valence-electron chi connectivity index (χ3n) is 4.42. The van der Waals surface area contributed by atoms with E-state index in [1.807, 2.05) is 24.0 Å². The molecule has 0 aromatic heterocycles. The van der Waals surface area contributed by atoms with Gasteiger partial charge in [0.05, 0.1) is 13.7 Å². The monoisotopic (exact) mass is 290 g/mol. The van der Waals surface area contributed by atoms with Crippen LogP contribution in [0, 0.1) is 12.8 Å². The third kappa shape index (κ3) is 3.38. The Balaban J connectivity index is 2.20. The van der Waals surface area contributed by atoms with E-state index in [4.69, 9.17) is 4.74 Å². The van der Waals surface area contributed by atoms with Gasteiger partial charge in [0, 0.05) is 6.54 Å². The molecule has 0 bridgehead atoms. The summed E-state index contributed by atoms with van der Waals surface area (Å²) in [4.78, 5) is 14.2. The van der Waals surface area contributed by atoms with Gasteiger partial charge in [0.15, 0.2) is 0 Å². The quantitative estimate of drug-likeness (QED) is 0.876. The summed E-state index contributed by atoms with van der Waals surface area (Å²) in [5.41, 5.74) is 2.23. The van der Waals surface area contributed by atoms with Crippen LogP contribution in [0.5, 0.6) is 5.75 Å². The minimum atomic E-state index is -0.0114. The second-order valence-electron chi connectivity index (χ2n) is 5.74. The van der Waals surface area contributed by atoms with Gasteiger partial charge in [-0.15, -0.1) is 0 Å². The lowest BCUT2D eigenvalue weighted by molar-refractivity contribution is -0.128. The summed E-state index contributed by atoms with van der Waals surface area (Å²) in [5, 5.41) is 3.33. The maximum atomic E-state index is 12.2. The van der Waals surface area contributed by atoms with E-state index in [1.165, 1.54) is 0 Å². The lowest BCUT2D eigenvalue weighted by atomic mass is 10.0. The molecule has 0 radical (unpaired) electrons. The number of methoxy groups -OCH3 is 1. The van der Waals surface area contributed by atoms with Crippen LogP contribution < -0.4 is 10.1 Å². The number of hydrogen-bond acceptors (Lipinski definition) is 3. The van der Waals surface area contributed by atoms with Crippen LogP contribution in [0.3, 0.4) is 0 Å².